The normalized spacial score (nSPS) is 10.8. The number of hydrogen-bond donors (Lipinski definition) is 1. The van der Waals surface area contributed by atoms with Crippen LogP contribution in [0.1, 0.15) is 27.2 Å². The van der Waals surface area contributed by atoms with E-state index in [0.29, 0.717) is 5.92 Å². The van der Waals surface area contributed by atoms with Gasteiger partial charge in [0.05, 0.1) is 0 Å². The molecule has 0 aliphatic rings. The first-order chi connectivity index (χ1) is 6.22. The average molecular weight is 181 g/mol. The molecule has 1 aromatic rings. The maximum atomic E-state index is 4.38. The first-order valence-corrected chi connectivity index (χ1v) is 4.99. The number of rotatable bonds is 5. The Morgan fingerprint density at radius 3 is 2.92 bits per heavy atom. The molecule has 74 valence electrons. The molecule has 0 fully saturated rings. The van der Waals surface area contributed by atoms with Crippen LogP contribution in [0.2, 0.25) is 0 Å². The molecular weight excluding hydrogens is 162 g/mol. The molecule has 3 nitrogen and oxygen atoms in total. The van der Waals surface area contributed by atoms with Gasteiger partial charge in [-0.25, -0.2) is 0 Å². The molecule has 0 amide bonds. The molecule has 0 unspecified atom stereocenters. The van der Waals surface area contributed by atoms with Crippen molar-refractivity contribution in [3.05, 3.63) is 12.3 Å². The Hall–Kier alpha value is -0.990. The number of nitrogens with one attached hydrogen (secondary N) is 1. The summed E-state index contributed by atoms with van der Waals surface area (Å²) in [6.45, 7) is 8.53. The van der Waals surface area contributed by atoms with E-state index in [0.717, 1.165) is 25.3 Å². The summed E-state index contributed by atoms with van der Waals surface area (Å²) in [7, 11) is 0. The molecule has 0 aliphatic carbocycles. The van der Waals surface area contributed by atoms with Gasteiger partial charge in [0.15, 0.2) is 0 Å². The fourth-order valence-corrected chi connectivity index (χ4v) is 1.12. The Kier molecular flexibility index (Phi) is 3.80. The van der Waals surface area contributed by atoms with Gasteiger partial charge in [-0.05, 0) is 12.3 Å². The van der Waals surface area contributed by atoms with Crippen LogP contribution in [0.4, 0.5) is 5.82 Å². The Bertz CT molecular complexity index is 240. The van der Waals surface area contributed by atoms with Gasteiger partial charge in [0.25, 0.3) is 0 Å². The van der Waals surface area contributed by atoms with E-state index in [4.69, 9.17) is 0 Å². The molecule has 0 radical (unpaired) electrons. The van der Waals surface area contributed by atoms with E-state index < -0.39 is 0 Å². The lowest BCUT2D eigenvalue weighted by molar-refractivity contribution is 0.602. The smallest absolute Gasteiger partial charge is 0.147 e. The van der Waals surface area contributed by atoms with Crippen LogP contribution < -0.4 is 5.32 Å². The quantitative estimate of drug-likeness (QED) is 0.755. The molecule has 0 saturated heterocycles. The van der Waals surface area contributed by atoms with Gasteiger partial charge in [-0.2, -0.15) is 5.10 Å². The second-order valence-electron chi connectivity index (χ2n) is 3.74. The molecule has 1 heterocycles. The van der Waals surface area contributed by atoms with Gasteiger partial charge in [-0.15, -0.1) is 0 Å². The van der Waals surface area contributed by atoms with Crippen molar-refractivity contribution in [2.45, 2.75) is 33.7 Å². The highest BCUT2D eigenvalue weighted by Crippen LogP contribution is 2.04. The van der Waals surface area contributed by atoms with Crippen LogP contribution in [0.5, 0.6) is 0 Å². The van der Waals surface area contributed by atoms with E-state index in [9.17, 15) is 0 Å². The summed E-state index contributed by atoms with van der Waals surface area (Å²) in [6.07, 6.45) is 3.15. The lowest BCUT2D eigenvalue weighted by Crippen LogP contribution is -2.08. The monoisotopic (exact) mass is 181 g/mol. The van der Waals surface area contributed by atoms with Crippen LogP contribution in [0.3, 0.4) is 0 Å². The van der Waals surface area contributed by atoms with Crippen molar-refractivity contribution in [2.75, 3.05) is 11.9 Å². The number of aromatic nitrogens is 2. The van der Waals surface area contributed by atoms with Crippen LogP contribution in [-0.2, 0) is 6.54 Å². The third kappa shape index (κ3) is 3.49. The van der Waals surface area contributed by atoms with E-state index in [1.165, 1.54) is 0 Å². The van der Waals surface area contributed by atoms with E-state index in [1.807, 2.05) is 16.9 Å². The van der Waals surface area contributed by atoms with E-state index in [-0.39, 0.29) is 0 Å². The van der Waals surface area contributed by atoms with Gasteiger partial charge in [-0.1, -0.05) is 20.8 Å². The fourth-order valence-electron chi connectivity index (χ4n) is 1.12. The third-order valence-corrected chi connectivity index (χ3v) is 1.78. The molecule has 1 rings (SSSR count). The summed E-state index contributed by atoms with van der Waals surface area (Å²) in [5.74, 6) is 1.65. The molecule has 1 aromatic heterocycles. The van der Waals surface area contributed by atoms with Gasteiger partial charge in [0.2, 0.25) is 0 Å². The van der Waals surface area contributed by atoms with Gasteiger partial charge in [0, 0.05) is 25.4 Å². The second-order valence-corrected chi connectivity index (χ2v) is 3.74. The minimum absolute atomic E-state index is 0.663. The van der Waals surface area contributed by atoms with Gasteiger partial charge in [0.1, 0.15) is 5.82 Å². The Morgan fingerprint density at radius 2 is 2.31 bits per heavy atom. The highest BCUT2D eigenvalue weighted by atomic mass is 15.3. The van der Waals surface area contributed by atoms with Crippen LogP contribution >= 0.6 is 0 Å². The summed E-state index contributed by atoms with van der Waals surface area (Å²) in [5, 5.41) is 7.67. The van der Waals surface area contributed by atoms with Gasteiger partial charge >= 0.3 is 0 Å². The Balaban J connectivity index is 2.39. The summed E-state index contributed by atoms with van der Waals surface area (Å²) >= 11 is 0. The van der Waals surface area contributed by atoms with Crippen molar-refractivity contribution in [3.8, 4) is 0 Å². The van der Waals surface area contributed by atoms with Crippen LogP contribution in [-0.4, -0.2) is 16.3 Å². The van der Waals surface area contributed by atoms with E-state index in [1.54, 1.807) is 0 Å². The molecule has 0 aromatic carbocycles. The summed E-state index contributed by atoms with van der Waals surface area (Å²) in [4.78, 5) is 0. The molecule has 0 bridgehead atoms. The molecule has 13 heavy (non-hydrogen) atoms. The number of aryl methyl sites for hydroxylation is 1. The van der Waals surface area contributed by atoms with E-state index in [2.05, 4.69) is 31.2 Å². The minimum atomic E-state index is 0.663. The topological polar surface area (TPSA) is 29.9 Å². The molecule has 0 atom stereocenters. The van der Waals surface area contributed by atoms with Crippen molar-refractivity contribution >= 4 is 5.82 Å². The molecule has 1 N–H and O–H groups in total. The average Bonchev–Trinajstić information content (AvgIpc) is 2.50. The lowest BCUT2D eigenvalue weighted by Gasteiger charge is -2.05. The second kappa shape index (κ2) is 4.90. The van der Waals surface area contributed by atoms with E-state index >= 15 is 0 Å². The first kappa shape index (κ1) is 10.1. The Labute approximate surface area is 80.1 Å². The highest BCUT2D eigenvalue weighted by molar-refractivity contribution is 5.31. The maximum Gasteiger partial charge on any atom is 0.147 e. The SMILES string of the molecule is CCCn1ccc(NCC(C)C)n1. The predicted octanol–water partition coefficient (Wildman–Crippen LogP) is 2.36. The van der Waals surface area contributed by atoms with Crippen molar-refractivity contribution in [1.29, 1.82) is 0 Å². The summed E-state index contributed by atoms with van der Waals surface area (Å²) in [5.41, 5.74) is 0. The molecule has 3 heteroatoms. The number of nitrogens with zero attached hydrogens (tertiary/aromatic N) is 2. The van der Waals surface area contributed by atoms with Crippen molar-refractivity contribution in [2.24, 2.45) is 5.92 Å². The zero-order valence-electron chi connectivity index (χ0n) is 8.75. The lowest BCUT2D eigenvalue weighted by atomic mass is 10.2. The standard InChI is InChI=1S/C10H19N3/c1-4-6-13-7-5-10(12-13)11-8-9(2)3/h5,7,9H,4,6,8H2,1-3H3,(H,11,12). The van der Waals surface area contributed by atoms with Crippen molar-refractivity contribution in [1.82, 2.24) is 9.78 Å². The molecule has 0 aliphatic heterocycles. The largest absolute Gasteiger partial charge is 0.368 e. The zero-order chi connectivity index (χ0) is 9.68. The molecular formula is C10H19N3. The minimum Gasteiger partial charge on any atom is -0.368 e. The zero-order valence-corrected chi connectivity index (χ0v) is 8.75. The van der Waals surface area contributed by atoms with Crippen LogP contribution in [0.25, 0.3) is 0 Å². The summed E-state index contributed by atoms with van der Waals surface area (Å²) in [6, 6.07) is 2.03. The van der Waals surface area contributed by atoms with Crippen LogP contribution in [0.15, 0.2) is 12.3 Å². The summed E-state index contributed by atoms with van der Waals surface area (Å²) < 4.78 is 1.97. The van der Waals surface area contributed by atoms with Gasteiger partial charge < -0.3 is 5.32 Å². The maximum absolute atomic E-state index is 4.38. The third-order valence-electron chi connectivity index (χ3n) is 1.78. The highest BCUT2D eigenvalue weighted by Gasteiger charge is 1.98. The van der Waals surface area contributed by atoms with Crippen molar-refractivity contribution in [3.63, 3.8) is 0 Å². The first-order valence-electron chi connectivity index (χ1n) is 4.99. The predicted molar refractivity (Wildman–Crippen MR) is 55.8 cm³/mol. The van der Waals surface area contributed by atoms with Crippen molar-refractivity contribution < 1.29 is 0 Å². The fraction of sp³-hybridized carbons (Fsp3) is 0.700. The van der Waals surface area contributed by atoms with Crippen LogP contribution in [0, 0.1) is 5.92 Å². The van der Waals surface area contributed by atoms with Gasteiger partial charge in [-0.3, -0.25) is 4.68 Å². The Morgan fingerprint density at radius 1 is 1.54 bits per heavy atom. The number of anilines is 1. The molecule has 0 saturated carbocycles. The molecule has 0 spiro atoms. The number of hydrogen-bond acceptors (Lipinski definition) is 2.